The minimum Gasteiger partial charge on any atom is -0.489 e. The summed E-state index contributed by atoms with van der Waals surface area (Å²) in [5, 5.41) is 3.03. The van der Waals surface area contributed by atoms with Crippen molar-refractivity contribution in [1.29, 1.82) is 0 Å². The summed E-state index contributed by atoms with van der Waals surface area (Å²) < 4.78 is 19.9. The van der Waals surface area contributed by atoms with E-state index in [-0.39, 0.29) is 11.9 Å². The van der Waals surface area contributed by atoms with Crippen LogP contribution in [0.2, 0.25) is 4.47 Å². The van der Waals surface area contributed by atoms with Gasteiger partial charge in [-0.1, -0.05) is 17.7 Å². The van der Waals surface area contributed by atoms with Gasteiger partial charge in [-0.15, -0.1) is 11.3 Å². The standard InChI is InChI=1S/C13H14ClFN2OS/c1-8(2)18-11-5-3-4-10(15)12(11)16-6-9-7-17-13(14)19-9/h3-5,7-8,16H,6H2,1-2H3. The molecule has 0 atom stereocenters. The van der Waals surface area contributed by atoms with E-state index in [1.807, 2.05) is 13.8 Å². The Kier molecular flexibility index (Phi) is 4.61. The smallest absolute Gasteiger partial charge is 0.183 e. The van der Waals surface area contributed by atoms with Crippen LogP contribution in [0.5, 0.6) is 5.75 Å². The van der Waals surface area contributed by atoms with Gasteiger partial charge >= 0.3 is 0 Å². The topological polar surface area (TPSA) is 34.1 Å². The van der Waals surface area contributed by atoms with Crippen LogP contribution >= 0.6 is 22.9 Å². The fourth-order valence-electron chi connectivity index (χ4n) is 1.57. The highest BCUT2D eigenvalue weighted by atomic mass is 35.5. The first-order valence-corrected chi connectivity index (χ1v) is 7.05. The first-order chi connectivity index (χ1) is 9.06. The first-order valence-electron chi connectivity index (χ1n) is 5.85. The van der Waals surface area contributed by atoms with Gasteiger partial charge < -0.3 is 10.1 Å². The highest BCUT2D eigenvalue weighted by Crippen LogP contribution is 2.29. The molecule has 3 nitrogen and oxygen atoms in total. The summed E-state index contributed by atoms with van der Waals surface area (Å²) in [6.45, 7) is 4.26. The molecule has 0 unspecified atom stereocenters. The number of ether oxygens (including phenoxy) is 1. The summed E-state index contributed by atoms with van der Waals surface area (Å²) in [6, 6.07) is 4.77. The zero-order valence-corrected chi connectivity index (χ0v) is 12.2. The number of anilines is 1. The molecule has 1 N–H and O–H groups in total. The quantitative estimate of drug-likeness (QED) is 0.892. The number of nitrogens with one attached hydrogen (secondary N) is 1. The van der Waals surface area contributed by atoms with Gasteiger partial charge in [0, 0.05) is 11.1 Å². The molecule has 1 aromatic carbocycles. The fraction of sp³-hybridized carbons (Fsp3) is 0.308. The minimum atomic E-state index is -0.339. The Morgan fingerprint density at radius 1 is 1.47 bits per heavy atom. The van der Waals surface area contributed by atoms with Crippen molar-refractivity contribution < 1.29 is 9.13 Å². The van der Waals surface area contributed by atoms with Crippen LogP contribution in [0.1, 0.15) is 18.7 Å². The number of halogens is 2. The van der Waals surface area contributed by atoms with Gasteiger partial charge in [0.2, 0.25) is 0 Å². The molecule has 0 aliphatic carbocycles. The van der Waals surface area contributed by atoms with Gasteiger partial charge in [-0.05, 0) is 26.0 Å². The maximum Gasteiger partial charge on any atom is 0.183 e. The molecule has 1 heterocycles. The Morgan fingerprint density at radius 3 is 2.89 bits per heavy atom. The Bertz CT molecular complexity index is 559. The van der Waals surface area contributed by atoms with Gasteiger partial charge in [0.1, 0.15) is 17.3 Å². The van der Waals surface area contributed by atoms with Gasteiger partial charge in [-0.2, -0.15) is 0 Å². The number of para-hydroxylation sites is 1. The van der Waals surface area contributed by atoms with Crippen LogP contribution < -0.4 is 10.1 Å². The fourth-order valence-corrected chi connectivity index (χ4v) is 2.49. The predicted molar refractivity (Wildman–Crippen MR) is 76.6 cm³/mol. The Balaban J connectivity index is 2.14. The number of thiazole rings is 1. The van der Waals surface area contributed by atoms with E-state index in [2.05, 4.69) is 10.3 Å². The van der Waals surface area contributed by atoms with Gasteiger partial charge in [-0.25, -0.2) is 9.37 Å². The van der Waals surface area contributed by atoms with Crippen molar-refractivity contribution in [3.05, 3.63) is 39.6 Å². The molecule has 0 saturated carbocycles. The molecule has 19 heavy (non-hydrogen) atoms. The van der Waals surface area contributed by atoms with Crippen LogP contribution in [0, 0.1) is 5.82 Å². The van der Waals surface area contributed by atoms with E-state index in [0.717, 1.165) is 4.88 Å². The van der Waals surface area contributed by atoms with Crippen molar-refractivity contribution in [2.45, 2.75) is 26.5 Å². The van der Waals surface area contributed by atoms with Gasteiger partial charge in [0.05, 0.1) is 12.6 Å². The number of hydrogen-bond acceptors (Lipinski definition) is 4. The summed E-state index contributed by atoms with van der Waals surface area (Å²) in [7, 11) is 0. The third-order valence-electron chi connectivity index (χ3n) is 2.30. The SMILES string of the molecule is CC(C)Oc1cccc(F)c1NCc1cnc(Cl)s1. The van der Waals surface area contributed by atoms with Gasteiger partial charge in [0.15, 0.2) is 4.47 Å². The minimum absolute atomic E-state index is 0.0137. The van der Waals surface area contributed by atoms with Crippen molar-refractivity contribution in [2.75, 3.05) is 5.32 Å². The lowest BCUT2D eigenvalue weighted by atomic mass is 10.2. The van der Waals surface area contributed by atoms with Crippen molar-refractivity contribution in [3.63, 3.8) is 0 Å². The normalized spacial score (nSPS) is 10.8. The van der Waals surface area contributed by atoms with E-state index >= 15 is 0 Å². The molecule has 0 aliphatic rings. The predicted octanol–water partition coefficient (Wildman–Crippen LogP) is 4.33. The van der Waals surface area contributed by atoms with Crippen LogP contribution in [0.4, 0.5) is 10.1 Å². The van der Waals surface area contributed by atoms with Gasteiger partial charge in [-0.3, -0.25) is 0 Å². The average molecular weight is 301 g/mol. The third-order valence-corrected chi connectivity index (χ3v) is 3.42. The van der Waals surface area contributed by atoms with Crippen LogP contribution in [-0.4, -0.2) is 11.1 Å². The number of benzene rings is 1. The lowest BCUT2D eigenvalue weighted by Crippen LogP contribution is -2.09. The first kappa shape index (κ1) is 14.1. The molecule has 2 aromatic rings. The number of nitrogens with zero attached hydrogens (tertiary/aromatic N) is 1. The summed E-state index contributed by atoms with van der Waals surface area (Å²) in [6.07, 6.45) is 1.66. The van der Waals surface area contributed by atoms with E-state index in [0.29, 0.717) is 22.4 Å². The zero-order valence-electron chi connectivity index (χ0n) is 10.6. The van der Waals surface area contributed by atoms with Crippen LogP contribution in [0.3, 0.4) is 0 Å². The Morgan fingerprint density at radius 2 is 2.26 bits per heavy atom. The molecular formula is C13H14ClFN2OS. The van der Waals surface area contributed by atoms with Crippen LogP contribution in [0.25, 0.3) is 0 Å². The summed E-state index contributed by atoms with van der Waals surface area (Å²) in [5.41, 5.74) is 0.362. The molecular weight excluding hydrogens is 287 g/mol. The number of hydrogen-bond donors (Lipinski definition) is 1. The highest BCUT2D eigenvalue weighted by Gasteiger charge is 2.11. The molecule has 0 spiro atoms. The van der Waals surface area contributed by atoms with Crippen molar-refractivity contribution in [1.82, 2.24) is 4.98 Å². The Labute approximate surface area is 120 Å². The van der Waals surface area contributed by atoms with Crippen molar-refractivity contribution in [3.8, 4) is 5.75 Å². The van der Waals surface area contributed by atoms with E-state index in [1.165, 1.54) is 17.4 Å². The molecule has 1 aromatic heterocycles. The lowest BCUT2D eigenvalue weighted by molar-refractivity contribution is 0.243. The molecule has 6 heteroatoms. The number of aromatic nitrogens is 1. The average Bonchev–Trinajstić information content (AvgIpc) is 2.73. The molecule has 0 fully saturated rings. The zero-order chi connectivity index (χ0) is 13.8. The largest absolute Gasteiger partial charge is 0.489 e. The van der Waals surface area contributed by atoms with E-state index < -0.39 is 0 Å². The molecule has 0 saturated heterocycles. The second kappa shape index (κ2) is 6.21. The Hall–Kier alpha value is -1.33. The van der Waals surface area contributed by atoms with Crippen LogP contribution in [-0.2, 0) is 6.54 Å². The molecule has 0 radical (unpaired) electrons. The molecule has 102 valence electrons. The van der Waals surface area contributed by atoms with E-state index in [4.69, 9.17) is 16.3 Å². The second-order valence-electron chi connectivity index (χ2n) is 4.21. The maximum absolute atomic E-state index is 13.8. The number of rotatable bonds is 5. The molecule has 2 rings (SSSR count). The van der Waals surface area contributed by atoms with Gasteiger partial charge in [0.25, 0.3) is 0 Å². The summed E-state index contributed by atoms with van der Waals surface area (Å²) >= 11 is 7.12. The monoisotopic (exact) mass is 300 g/mol. The lowest BCUT2D eigenvalue weighted by Gasteiger charge is -2.15. The summed E-state index contributed by atoms with van der Waals surface area (Å²) in [5.74, 6) is 0.166. The highest BCUT2D eigenvalue weighted by molar-refractivity contribution is 7.15. The molecule has 0 amide bonds. The molecule has 0 aliphatic heterocycles. The third kappa shape index (κ3) is 3.81. The maximum atomic E-state index is 13.8. The second-order valence-corrected chi connectivity index (χ2v) is 5.91. The van der Waals surface area contributed by atoms with E-state index in [1.54, 1.807) is 18.3 Å². The van der Waals surface area contributed by atoms with Crippen molar-refractivity contribution in [2.24, 2.45) is 0 Å². The molecule has 0 bridgehead atoms. The van der Waals surface area contributed by atoms with E-state index in [9.17, 15) is 4.39 Å². The van der Waals surface area contributed by atoms with Crippen LogP contribution in [0.15, 0.2) is 24.4 Å². The summed E-state index contributed by atoms with van der Waals surface area (Å²) in [4.78, 5) is 4.88. The van der Waals surface area contributed by atoms with Crippen molar-refractivity contribution >= 4 is 28.6 Å².